The van der Waals surface area contributed by atoms with Crippen LogP contribution in [0.3, 0.4) is 0 Å². The smallest absolute Gasteiger partial charge is 0.227 e. The SMILES string of the molecule is CCCCOc1ccc(C2C3=C(CCCC3=O)Nc3nc(SCCCC)nn32)cc1OC. The molecule has 0 saturated carbocycles. The van der Waals surface area contributed by atoms with Crippen LogP contribution in [0.2, 0.25) is 0 Å². The van der Waals surface area contributed by atoms with Gasteiger partial charge in [0.05, 0.1) is 13.7 Å². The molecule has 0 saturated heterocycles. The van der Waals surface area contributed by atoms with Gasteiger partial charge in [-0.3, -0.25) is 4.79 Å². The molecular formula is C24H32N4O3S. The van der Waals surface area contributed by atoms with Gasteiger partial charge in [0.25, 0.3) is 0 Å². The molecule has 1 atom stereocenters. The van der Waals surface area contributed by atoms with Gasteiger partial charge < -0.3 is 14.8 Å². The Balaban J connectivity index is 1.72. The third kappa shape index (κ3) is 4.65. The molecule has 1 aromatic carbocycles. The first-order valence-electron chi connectivity index (χ1n) is 11.6. The third-order valence-corrected chi connectivity index (χ3v) is 6.76. The number of unbranched alkanes of at least 4 members (excludes halogenated alkanes) is 2. The van der Waals surface area contributed by atoms with Gasteiger partial charge in [-0.25, -0.2) is 4.68 Å². The van der Waals surface area contributed by atoms with Crippen LogP contribution in [-0.2, 0) is 4.79 Å². The molecule has 1 unspecified atom stereocenters. The van der Waals surface area contributed by atoms with E-state index in [4.69, 9.17) is 19.6 Å². The number of nitrogens with zero attached hydrogens (tertiary/aromatic N) is 3. The number of carbonyl (C=O) groups is 1. The van der Waals surface area contributed by atoms with Crippen LogP contribution in [0.25, 0.3) is 0 Å². The number of hydrogen-bond acceptors (Lipinski definition) is 7. The van der Waals surface area contributed by atoms with Crippen LogP contribution < -0.4 is 14.8 Å². The summed E-state index contributed by atoms with van der Waals surface area (Å²) in [5, 5.41) is 8.93. The topological polar surface area (TPSA) is 78.3 Å². The first-order valence-corrected chi connectivity index (χ1v) is 12.6. The summed E-state index contributed by atoms with van der Waals surface area (Å²) in [4.78, 5) is 17.7. The number of rotatable bonds is 10. The largest absolute Gasteiger partial charge is 0.493 e. The molecule has 0 bridgehead atoms. The second-order valence-electron chi connectivity index (χ2n) is 8.17. The highest BCUT2D eigenvalue weighted by molar-refractivity contribution is 7.99. The molecule has 2 aromatic rings. The molecular weight excluding hydrogens is 424 g/mol. The maximum Gasteiger partial charge on any atom is 0.227 e. The summed E-state index contributed by atoms with van der Waals surface area (Å²) < 4.78 is 13.4. The van der Waals surface area contributed by atoms with Gasteiger partial charge >= 0.3 is 0 Å². The van der Waals surface area contributed by atoms with E-state index in [0.717, 1.165) is 72.0 Å². The number of carbonyl (C=O) groups excluding carboxylic acids is 1. The average molecular weight is 457 g/mol. The van der Waals surface area contributed by atoms with Crippen LogP contribution >= 0.6 is 11.8 Å². The van der Waals surface area contributed by atoms with Gasteiger partial charge in [0, 0.05) is 23.4 Å². The molecule has 8 heteroatoms. The first kappa shape index (κ1) is 22.7. The van der Waals surface area contributed by atoms with Crippen molar-refractivity contribution in [1.29, 1.82) is 0 Å². The number of ketones is 1. The molecule has 0 amide bonds. The number of Topliss-reactive ketones (excluding diaryl/α,β-unsaturated/α-hetero) is 1. The van der Waals surface area contributed by atoms with Crippen LogP contribution in [-0.4, -0.2) is 40.0 Å². The van der Waals surface area contributed by atoms with E-state index in [1.54, 1.807) is 18.9 Å². The molecule has 7 nitrogen and oxygen atoms in total. The first-order chi connectivity index (χ1) is 15.7. The van der Waals surface area contributed by atoms with Crippen molar-refractivity contribution in [2.75, 3.05) is 24.8 Å². The Kier molecular flexibility index (Phi) is 7.40. The second kappa shape index (κ2) is 10.4. The van der Waals surface area contributed by atoms with Crippen LogP contribution in [0.5, 0.6) is 11.5 Å². The number of thioether (sulfide) groups is 1. The highest BCUT2D eigenvalue weighted by atomic mass is 32.2. The lowest BCUT2D eigenvalue weighted by atomic mass is 9.85. The molecule has 32 heavy (non-hydrogen) atoms. The summed E-state index contributed by atoms with van der Waals surface area (Å²) in [6, 6.07) is 5.61. The van der Waals surface area contributed by atoms with E-state index < -0.39 is 0 Å². The number of anilines is 1. The van der Waals surface area contributed by atoms with E-state index in [9.17, 15) is 4.79 Å². The molecule has 0 radical (unpaired) electrons. The summed E-state index contributed by atoms with van der Waals surface area (Å²) in [7, 11) is 1.65. The number of nitrogens with one attached hydrogen (secondary N) is 1. The minimum Gasteiger partial charge on any atom is -0.493 e. The Hall–Kier alpha value is -2.48. The molecule has 1 aliphatic carbocycles. The normalized spacial score (nSPS) is 17.6. The average Bonchev–Trinajstić information content (AvgIpc) is 3.20. The summed E-state index contributed by atoms with van der Waals surface area (Å²) >= 11 is 1.66. The molecule has 2 heterocycles. The molecule has 0 spiro atoms. The number of hydrogen-bond donors (Lipinski definition) is 1. The molecule has 0 fully saturated rings. The number of methoxy groups -OCH3 is 1. The van der Waals surface area contributed by atoms with Crippen molar-refractivity contribution in [3.63, 3.8) is 0 Å². The Labute approximate surface area is 194 Å². The van der Waals surface area contributed by atoms with E-state index >= 15 is 0 Å². The number of allylic oxidation sites excluding steroid dienone is 2. The third-order valence-electron chi connectivity index (χ3n) is 5.84. The van der Waals surface area contributed by atoms with Crippen LogP contribution in [0.15, 0.2) is 34.6 Å². The minimum atomic E-state index is -0.319. The number of ether oxygens (including phenoxy) is 2. The van der Waals surface area contributed by atoms with E-state index in [1.807, 2.05) is 22.9 Å². The molecule has 1 N–H and O–H groups in total. The van der Waals surface area contributed by atoms with Crippen molar-refractivity contribution in [3.8, 4) is 11.5 Å². The van der Waals surface area contributed by atoms with Crippen molar-refractivity contribution in [3.05, 3.63) is 35.0 Å². The fourth-order valence-electron chi connectivity index (χ4n) is 4.11. The Morgan fingerprint density at radius 1 is 1.19 bits per heavy atom. The van der Waals surface area contributed by atoms with Gasteiger partial charge in [0.1, 0.15) is 6.04 Å². The molecule has 1 aromatic heterocycles. The van der Waals surface area contributed by atoms with Crippen LogP contribution in [0.1, 0.15) is 70.4 Å². The fourth-order valence-corrected chi connectivity index (χ4v) is 5.03. The zero-order valence-electron chi connectivity index (χ0n) is 19.1. The molecule has 4 rings (SSSR count). The number of aromatic nitrogens is 3. The van der Waals surface area contributed by atoms with Crippen LogP contribution in [0, 0.1) is 0 Å². The summed E-state index contributed by atoms with van der Waals surface area (Å²) in [6.07, 6.45) is 6.59. The van der Waals surface area contributed by atoms with E-state index in [0.29, 0.717) is 24.7 Å². The van der Waals surface area contributed by atoms with E-state index in [1.165, 1.54) is 0 Å². The van der Waals surface area contributed by atoms with Gasteiger partial charge in [0.15, 0.2) is 17.3 Å². The zero-order valence-corrected chi connectivity index (χ0v) is 20.0. The molecule has 1 aliphatic heterocycles. The Morgan fingerprint density at radius 2 is 2.03 bits per heavy atom. The van der Waals surface area contributed by atoms with Crippen LogP contribution in [0.4, 0.5) is 5.95 Å². The summed E-state index contributed by atoms with van der Waals surface area (Å²) in [5.41, 5.74) is 2.71. The predicted octanol–water partition coefficient (Wildman–Crippen LogP) is 5.38. The maximum atomic E-state index is 13.0. The van der Waals surface area contributed by atoms with Crippen molar-refractivity contribution < 1.29 is 14.3 Å². The lowest BCUT2D eigenvalue weighted by Gasteiger charge is -2.32. The molecule has 172 valence electrons. The molecule has 2 aliphatic rings. The van der Waals surface area contributed by atoms with Crippen molar-refractivity contribution >= 4 is 23.5 Å². The standard InChI is InChI=1S/C24H32N4O3S/c1-4-6-13-31-19-12-11-16(15-20(19)30-3)22-21-17(9-8-10-18(21)29)25-23-26-24(27-28(22)23)32-14-7-5-2/h11-12,15,22H,4-10,13-14H2,1-3H3,(H,25,26,27). The van der Waals surface area contributed by atoms with E-state index in [-0.39, 0.29) is 11.8 Å². The van der Waals surface area contributed by atoms with Gasteiger partial charge in [0.2, 0.25) is 11.1 Å². The Bertz CT molecular complexity index is 1000. The number of fused-ring (bicyclic) bond motifs is 1. The minimum absolute atomic E-state index is 0.173. The monoisotopic (exact) mass is 456 g/mol. The van der Waals surface area contributed by atoms with E-state index in [2.05, 4.69) is 19.2 Å². The summed E-state index contributed by atoms with van der Waals surface area (Å²) in [5.74, 6) is 3.24. The highest BCUT2D eigenvalue weighted by Gasteiger charge is 2.37. The lowest BCUT2D eigenvalue weighted by Crippen LogP contribution is -2.31. The number of benzene rings is 1. The predicted molar refractivity (Wildman–Crippen MR) is 127 cm³/mol. The van der Waals surface area contributed by atoms with Gasteiger partial charge in [-0.2, -0.15) is 4.98 Å². The zero-order chi connectivity index (χ0) is 22.5. The van der Waals surface area contributed by atoms with Gasteiger partial charge in [-0.1, -0.05) is 44.5 Å². The second-order valence-corrected chi connectivity index (χ2v) is 9.24. The van der Waals surface area contributed by atoms with Crippen molar-refractivity contribution in [1.82, 2.24) is 14.8 Å². The summed E-state index contributed by atoms with van der Waals surface area (Å²) in [6.45, 7) is 4.97. The highest BCUT2D eigenvalue weighted by Crippen LogP contribution is 2.42. The van der Waals surface area contributed by atoms with Crippen molar-refractivity contribution in [2.24, 2.45) is 0 Å². The maximum absolute atomic E-state index is 13.0. The fraction of sp³-hybridized carbons (Fsp3) is 0.542. The quantitative estimate of drug-likeness (QED) is 0.380. The van der Waals surface area contributed by atoms with Gasteiger partial charge in [-0.15, -0.1) is 5.10 Å². The lowest BCUT2D eigenvalue weighted by molar-refractivity contribution is -0.116. The van der Waals surface area contributed by atoms with Crippen molar-refractivity contribution in [2.45, 2.75) is 70.0 Å². The Morgan fingerprint density at radius 3 is 2.81 bits per heavy atom. The van der Waals surface area contributed by atoms with Gasteiger partial charge in [-0.05, 0) is 43.4 Å².